The fraction of sp³-hybridized carbons (Fsp3) is 0.154. The maximum absolute atomic E-state index is 12.3. The molecule has 3 rings (SSSR count). The number of carbonyl (C=O) groups excluding carboxylic acids is 3. The van der Waals surface area contributed by atoms with E-state index in [1.165, 1.54) is 0 Å². The fourth-order valence-electron chi connectivity index (χ4n) is 2.98. The van der Waals surface area contributed by atoms with Gasteiger partial charge >= 0.3 is 17.9 Å². The number of guanidine groups is 1. The SMILES string of the molecule is CC(C(=O)OCC(=O)OCc1ccccc1)c1ccc(OC(=O)c2ccc(N=C(N)N)cc2)cc1. The summed E-state index contributed by atoms with van der Waals surface area (Å²) in [5, 5.41) is 0. The molecule has 0 aliphatic carbocycles. The van der Waals surface area contributed by atoms with Gasteiger partial charge in [-0.1, -0.05) is 42.5 Å². The van der Waals surface area contributed by atoms with Gasteiger partial charge in [0.05, 0.1) is 17.2 Å². The minimum absolute atomic E-state index is 0.0819. The highest BCUT2D eigenvalue weighted by Gasteiger charge is 2.19. The summed E-state index contributed by atoms with van der Waals surface area (Å²) < 4.78 is 15.5. The van der Waals surface area contributed by atoms with Crippen LogP contribution >= 0.6 is 0 Å². The lowest BCUT2D eigenvalue weighted by atomic mass is 10.0. The van der Waals surface area contributed by atoms with Crippen molar-refractivity contribution in [2.24, 2.45) is 16.5 Å². The van der Waals surface area contributed by atoms with E-state index in [1.54, 1.807) is 55.5 Å². The standard InChI is InChI=1S/C26H25N3O6/c1-17(24(31)34-16-23(30)33-15-18-5-3-2-4-6-18)19-9-13-22(14-10-19)35-25(32)20-7-11-21(12-8-20)29-26(27)28/h2-14,17H,15-16H2,1H3,(H4,27,28,29). The lowest BCUT2D eigenvalue weighted by Crippen LogP contribution is -2.21. The van der Waals surface area contributed by atoms with Crippen molar-refractivity contribution >= 4 is 29.6 Å². The minimum atomic E-state index is -0.636. The summed E-state index contributed by atoms with van der Waals surface area (Å²) in [6.07, 6.45) is 0. The van der Waals surface area contributed by atoms with Crippen LogP contribution in [0, 0.1) is 0 Å². The highest BCUT2D eigenvalue weighted by Crippen LogP contribution is 2.22. The number of nitrogens with zero attached hydrogens (tertiary/aromatic N) is 1. The third-order valence-electron chi connectivity index (χ3n) is 4.88. The number of esters is 3. The van der Waals surface area contributed by atoms with E-state index in [4.69, 9.17) is 25.7 Å². The van der Waals surface area contributed by atoms with Gasteiger partial charge in [-0.05, 0) is 54.4 Å². The van der Waals surface area contributed by atoms with Gasteiger partial charge in [0.15, 0.2) is 12.6 Å². The highest BCUT2D eigenvalue weighted by atomic mass is 16.6. The largest absolute Gasteiger partial charge is 0.458 e. The molecule has 0 saturated carbocycles. The molecule has 35 heavy (non-hydrogen) atoms. The Morgan fingerprint density at radius 2 is 1.51 bits per heavy atom. The molecule has 3 aromatic rings. The predicted octanol–water partition coefficient (Wildman–Crippen LogP) is 3.20. The molecular weight excluding hydrogens is 450 g/mol. The maximum atomic E-state index is 12.3. The molecule has 4 N–H and O–H groups in total. The molecule has 1 unspecified atom stereocenters. The first-order valence-corrected chi connectivity index (χ1v) is 10.7. The molecule has 180 valence electrons. The van der Waals surface area contributed by atoms with Crippen molar-refractivity contribution in [2.75, 3.05) is 6.61 Å². The molecular formula is C26H25N3O6. The molecule has 0 aromatic heterocycles. The van der Waals surface area contributed by atoms with Crippen molar-refractivity contribution in [3.8, 4) is 5.75 Å². The van der Waals surface area contributed by atoms with Crippen LogP contribution < -0.4 is 16.2 Å². The summed E-state index contributed by atoms with van der Waals surface area (Å²) in [6.45, 7) is 1.28. The Hall–Kier alpha value is -4.66. The molecule has 0 spiro atoms. The molecule has 0 amide bonds. The van der Waals surface area contributed by atoms with Crippen LogP contribution in [0.1, 0.15) is 34.3 Å². The summed E-state index contributed by atoms with van der Waals surface area (Å²) in [7, 11) is 0. The first-order valence-electron chi connectivity index (χ1n) is 10.7. The van der Waals surface area contributed by atoms with Crippen LogP contribution in [0.25, 0.3) is 0 Å². The maximum Gasteiger partial charge on any atom is 0.344 e. The van der Waals surface area contributed by atoms with Gasteiger partial charge in [0.2, 0.25) is 0 Å². The van der Waals surface area contributed by atoms with E-state index in [2.05, 4.69) is 4.99 Å². The number of hydrogen-bond donors (Lipinski definition) is 2. The zero-order valence-electron chi connectivity index (χ0n) is 19.0. The Balaban J connectivity index is 1.48. The number of benzene rings is 3. The molecule has 9 nitrogen and oxygen atoms in total. The molecule has 0 radical (unpaired) electrons. The topological polar surface area (TPSA) is 143 Å². The Morgan fingerprint density at radius 3 is 2.14 bits per heavy atom. The zero-order valence-corrected chi connectivity index (χ0v) is 19.0. The first-order chi connectivity index (χ1) is 16.8. The van der Waals surface area contributed by atoms with E-state index in [1.807, 2.05) is 30.3 Å². The number of aliphatic imine (C=N–C) groups is 1. The van der Waals surface area contributed by atoms with Crippen LogP contribution in [0.2, 0.25) is 0 Å². The first kappa shape index (κ1) is 25.0. The van der Waals surface area contributed by atoms with Crippen LogP contribution in [-0.4, -0.2) is 30.5 Å². The smallest absolute Gasteiger partial charge is 0.344 e. The number of carbonyl (C=O) groups is 3. The van der Waals surface area contributed by atoms with E-state index in [-0.39, 0.29) is 12.6 Å². The number of nitrogens with two attached hydrogens (primary N) is 2. The summed E-state index contributed by atoms with van der Waals surface area (Å²) in [5.41, 5.74) is 13.0. The molecule has 3 aromatic carbocycles. The predicted molar refractivity (Wildman–Crippen MR) is 129 cm³/mol. The van der Waals surface area contributed by atoms with Crippen molar-refractivity contribution in [1.29, 1.82) is 0 Å². The van der Waals surface area contributed by atoms with Crippen molar-refractivity contribution in [1.82, 2.24) is 0 Å². The van der Waals surface area contributed by atoms with Crippen LogP contribution in [0.3, 0.4) is 0 Å². The molecule has 0 aliphatic heterocycles. The van der Waals surface area contributed by atoms with Crippen LogP contribution in [-0.2, 0) is 25.7 Å². The van der Waals surface area contributed by atoms with Gasteiger partial charge in [-0.25, -0.2) is 14.6 Å². The second kappa shape index (κ2) is 12.0. The van der Waals surface area contributed by atoms with Crippen LogP contribution in [0.4, 0.5) is 5.69 Å². The quantitative estimate of drug-likeness (QED) is 0.208. The molecule has 0 aliphatic rings. The van der Waals surface area contributed by atoms with Gasteiger partial charge in [-0.2, -0.15) is 0 Å². The van der Waals surface area contributed by atoms with E-state index < -0.39 is 30.4 Å². The van der Waals surface area contributed by atoms with E-state index in [9.17, 15) is 14.4 Å². The van der Waals surface area contributed by atoms with E-state index in [0.29, 0.717) is 22.6 Å². The number of rotatable bonds is 9. The lowest BCUT2D eigenvalue weighted by molar-refractivity contribution is -0.160. The second-order valence-electron chi connectivity index (χ2n) is 7.52. The van der Waals surface area contributed by atoms with Gasteiger partial charge in [-0.3, -0.25) is 4.79 Å². The Kier molecular flexibility index (Phi) is 8.55. The molecule has 0 fully saturated rings. The molecule has 0 heterocycles. The van der Waals surface area contributed by atoms with Gasteiger partial charge in [0.25, 0.3) is 0 Å². The number of ether oxygens (including phenoxy) is 3. The Bertz CT molecular complexity index is 1190. The minimum Gasteiger partial charge on any atom is -0.458 e. The zero-order chi connectivity index (χ0) is 25.2. The lowest BCUT2D eigenvalue weighted by Gasteiger charge is -2.12. The summed E-state index contributed by atoms with van der Waals surface area (Å²) in [5.74, 6) is -2.19. The Labute approximate surface area is 202 Å². The van der Waals surface area contributed by atoms with Crippen molar-refractivity contribution in [2.45, 2.75) is 19.4 Å². The summed E-state index contributed by atoms with van der Waals surface area (Å²) in [6, 6.07) is 21.9. The fourth-order valence-corrected chi connectivity index (χ4v) is 2.98. The van der Waals surface area contributed by atoms with E-state index >= 15 is 0 Å². The molecule has 9 heteroatoms. The monoisotopic (exact) mass is 475 g/mol. The molecule has 1 atom stereocenters. The molecule has 0 bridgehead atoms. The van der Waals surface area contributed by atoms with Crippen molar-refractivity contribution < 1.29 is 28.6 Å². The second-order valence-corrected chi connectivity index (χ2v) is 7.52. The average molecular weight is 476 g/mol. The summed E-state index contributed by atoms with van der Waals surface area (Å²) >= 11 is 0. The van der Waals surface area contributed by atoms with Gasteiger partial charge in [-0.15, -0.1) is 0 Å². The van der Waals surface area contributed by atoms with Gasteiger partial charge < -0.3 is 25.7 Å². The average Bonchev–Trinajstić information content (AvgIpc) is 2.86. The van der Waals surface area contributed by atoms with Crippen LogP contribution in [0.5, 0.6) is 5.75 Å². The normalized spacial score (nSPS) is 11.1. The van der Waals surface area contributed by atoms with Crippen molar-refractivity contribution in [3.63, 3.8) is 0 Å². The van der Waals surface area contributed by atoms with Gasteiger partial charge in [0, 0.05) is 0 Å². The highest BCUT2D eigenvalue weighted by molar-refractivity contribution is 5.91. The van der Waals surface area contributed by atoms with E-state index in [0.717, 1.165) is 5.56 Å². The Morgan fingerprint density at radius 1 is 0.857 bits per heavy atom. The summed E-state index contributed by atoms with van der Waals surface area (Å²) in [4.78, 5) is 40.4. The van der Waals surface area contributed by atoms with Crippen LogP contribution in [0.15, 0.2) is 83.9 Å². The third kappa shape index (κ3) is 7.71. The molecule has 0 saturated heterocycles. The third-order valence-corrected chi connectivity index (χ3v) is 4.88. The van der Waals surface area contributed by atoms with Gasteiger partial charge in [0.1, 0.15) is 12.4 Å². The van der Waals surface area contributed by atoms with Crippen molar-refractivity contribution in [3.05, 3.63) is 95.6 Å². The number of hydrogen-bond acceptors (Lipinski definition) is 7.